The molecule has 0 amide bonds. The van der Waals surface area contributed by atoms with Crippen LogP contribution in [0.5, 0.6) is 5.75 Å². The predicted octanol–water partition coefficient (Wildman–Crippen LogP) is 4.41. The lowest BCUT2D eigenvalue weighted by Crippen LogP contribution is -1.98. The maximum atomic E-state index is 14.0. The van der Waals surface area contributed by atoms with Gasteiger partial charge in [-0.3, -0.25) is 0 Å². The van der Waals surface area contributed by atoms with Crippen LogP contribution in [0.4, 0.5) is 4.39 Å². The molecular weight excluding hydrogens is 287 g/mol. The van der Waals surface area contributed by atoms with Gasteiger partial charge in [0, 0.05) is 17.7 Å². The van der Waals surface area contributed by atoms with Crippen LogP contribution in [-0.4, -0.2) is 19.2 Å². The van der Waals surface area contributed by atoms with E-state index >= 15 is 0 Å². The molecule has 2 nitrogen and oxygen atoms in total. The Kier molecular flexibility index (Phi) is 5.49. The summed E-state index contributed by atoms with van der Waals surface area (Å²) in [5.41, 5.74) is 0.430. The number of methoxy groups -OCH3 is 1. The Balaban J connectivity index is 2.39. The number of hydrogen-bond acceptors (Lipinski definition) is 3. The van der Waals surface area contributed by atoms with Gasteiger partial charge in [-0.1, -0.05) is 37.6 Å². The highest BCUT2D eigenvalue weighted by Gasteiger charge is 2.06. The topological polar surface area (TPSA) is 18.5 Å². The zero-order chi connectivity index (χ0) is 15.2. The number of rotatable bonds is 4. The number of thioether (sulfide) groups is 1. The lowest BCUT2D eigenvalue weighted by molar-refractivity contribution is 0.0512. The normalized spacial score (nSPS) is 10.5. The second-order valence-electron chi connectivity index (χ2n) is 4.75. The third kappa shape index (κ3) is 4.13. The van der Waals surface area contributed by atoms with Crippen LogP contribution in [0.25, 0.3) is 10.8 Å². The molecule has 0 spiro atoms. The molecule has 21 heavy (non-hydrogen) atoms. The van der Waals surface area contributed by atoms with Gasteiger partial charge in [0.15, 0.2) is 6.79 Å². The summed E-state index contributed by atoms with van der Waals surface area (Å²) in [6, 6.07) is 8.64. The number of fused-ring (bicyclic) bond motifs is 1. The molecule has 110 valence electrons. The molecule has 0 saturated heterocycles. The Morgan fingerprint density at radius 2 is 2.05 bits per heavy atom. The molecule has 2 aromatic carbocycles. The number of benzene rings is 2. The van der Waals surface area contributed by atoms with Crippen molar-refractivity contribution in [3.63, 3.8) is 0 Å². The first-order valence-electron chi connectivity index (χ1n) is 6.62. The monoisotopic (exact) mass is 304 g/mol. The van der Waals surface area contributed by atoms with Gasteiger partial charge < -0.3 is 9.47 Å². The van der Waals surface area contributed by atoms with E-state index in [9.17, 15) is 4.39 Å². The van der Waals surface area contributed by atoms with E-state index < -0.39 is 0 Å². The summed E-state index contributed by atoms with van der Waals surface area (Å²) in [6.07, 6.45) is 0. The maximum absolute atomic E-state index is 14.0. The van der Waals surface area contributed by atoms with E-state index in [4.69, 9.17) is 9.47 Å². The molecule has 0 radical (unpaired) electrons. The molecule has 0 unspecified atom stereocenters. The molecule has 0 aromatic heterocycles. The fourth-order valence-corrected chi connectivity index (χ4v) is 2.22. The van der Waals surface area contributed by atoms with Crippen LogP contribution in [-0.2, 0) is 4.74 Å². The summed E-state index contributed by atoms with van der Waals surface area (Å²) in [6.45, 7) is 4.29. The summed E-state index contributed by atoms with van der Waals surface area (Å²) in [4.78, 5) is 0. The van der Waals surface area contributed by atoms with Crippen LogP contribution in [0.15, 0.2) is 30.3 Å². The first kappa shape index (κ1) is 15.7. The van der Waals surface area contributed by atoms with Gasteiger partial charge >= 0.3 is 0 Å². The molecule has 0 atom stereocenters. The average molecular weight is 304 g/mol. The summed E-state index contributed by atoms with van der Waals surface area (Å²) in [5.74, 6) is 3.31. The zero-order valence-electron chi connectivity index (χ0n) is 12.3. The average Bonchev–Trinajstić information content (AvgIpc) is 2.47. The van der Waals surface area contributed by atoms with Crippen molar-refractivity contribution in [3.8, 4) is 16.9 Å². The van der Waals surface area contributed by atoms with Gasteiger partial charge in [-0.15, -0.1) is 0 Å². The number of ether oxygens (including phenoxy) is 2. The van der Waals surface area contributed by atoms with Crippen molar-refractivity contribution in [2.45, 2.75) is 19.1 Å². The van der Waals surface area contributed by atoms with Crippen molar-refractivity contribution in [3.05, 3.63) is 41.7 Å². The Morgan fingerprint density at radius 3 is 2.76 bits per heavy atom. The SMILES string of the molecule is COCOc1ccc2c(C#CSC(C)C)c(F)ccc2c1. The van der Waals surface area contributed by atoms with Crippen molar-refractivity contribution in [1.29, 1.82) is 0 Å². The van der Waals surface area contributed by atoms with Crippen molar-refractivity contribution in [2.24, 2.45) is 0 Å². The Hall–Kier alpha value is -1.70. The number of hydrogen-bond donors (Lipinski definition) is 0. The third-order valence-electron chi connectivity index (χ3n) is 2.75. The van der Waals surface area contributed by atoms with E-state index in [1.807, 2.05) is 12.1 Å². The van der Waals surface area contributed by atoms with Gasteiger partial charge in [-0.25, -0.2) is 4.39 Å². The zero-order valence-corrected chi connectivity index (χ0v) is 13.1. The minimum Gasteiger partial charge on any atom is -0.468 e. The third-order valence-corrected chi connectivity index (χ3v) is 3.45. The van der Waals surface area contributed by atoms with E-state index in [0.717, 1.165) is 10.8 Å². The molecule has 0 fully saturated rings. The Morgan fingerprint density at radius 1 is 1.24 bits per heavy atom. The van der Waals surface area contributed by atoms with Crippen LogP contribution < -0.4 is 4.74 Å². The van der Waals surface area contributed by atoms with Gasteiger partial charge in [0.25, 0.3) is 0 Å². The molecular formula is C17H17FO2S. The smallest absolute Gasteiger partial charge is 0.188 e. The van der Waals surface area contributed by atoms with Gasteiger partial charge in [0.2, 0.25) is 0 Å². The molecule has 0 bridgehead atoms. The van der Waals surface area contributed by atoms with E-state index in [-0.39, 0.29) is 12.6 Å². The maximum Gasteiger partial charge on any atom is 0.188 e. The molecule has 0 aliphatic heterocycles. The second-order valence-corrected chi connectivity index (χ2v) is 6.13. The highest BCUT2D eigenvalue weighted by atomic mass is 32.2. The molecule has 2 rings (SSSR count). The summed E-state index contributed by atoms with van der Waals surface area (Å²) >= 11 is 1.49. The first-order valence-corrected chi connectivity index (χ1v) is 7.50. The van der Waals surface area contributed by atoms with Crippen LogP contribution >= 0.6 is 11.8 Å². The van der Waals surface area contributed by atoms with Crippen molar-refractivity contribution >= 4 is 22.5 Å². The molecule has 0 aliphatic rings. The standard InChI is InChI=1S/C17H17FO2S/c1-12(2)21-9-8-16-15-6-5-14(20-11-19-3)10-13(15)4-7-17(16)18/h4-7,10,12H,11H2,1-3H3. The van der Waals surface area contributed by atoms with Gasteiger partial charge in [-0.05, 0) is 34.9 Å². The van der Waals surface area contributed by atoms with E-state index in [2.05, 4.69) is 25.0 Å². The highest BCUT2D eigenvalue weighted by molar-refractivity contribution is 8.04. The first-order chi connectivity index (χ1) is 10.1. The Bertz CT molecular complexity index is 686. The highest BCUT2D eigenvalue weighted by Crippen LogP contribution is 2.25. The fraction of sp³-hybridized carbons (Fsp3) is 0.294. The minimum atomic E-state index is -0.301. The van der Waals surface area contributed by atoms with Crippen molar-refractivity contribution in [2.75, 3.05) is 13.9 Å². The van der Waals surface area contributed by atoms with E-state index in [1.54, 1.807) is 19.2 Å². The Labute approximate surface area is 128 Å². The quantitative estimate of drug-likeness (QED) is 0.615. The van der Waals surface area contributed by atoms with Gasteiger partial charge in [0.1, 0.15) is 11.6 Å². The predicted molar refractivity (Wildman–Crippen MR) is 86.0 cm³/mol. The van der Waals surface area contributed by atoms with Crippen LogP contribution in [0, 0.1) is 17.0 Å². The van der Waals surface area contributed by atoms with Gasteiger partial charge in [0.05, 0.1) is 5.56 Å². The summed E-state index contributed by atoms with van der Waals surface area (Å²) in [7, 11) is 1.57. The lowest BCUT2D eigenvalue weighted by Gasteiger charge is -2.07. The molecule has 0 aliphatic carbocycles. The summed E-state index contributed by atoms with van der Waals surface area (Å²) in [5, 5.41) is 5.03. The fourth-order valence-electron chi connectivity index (χ4n) is 1.82. The largest absolute Gasteiger partial charge is 0.468 e. The van der Waals surface area contributed by atoms with Crippen LogP contribution in [0.3, 0.4) is 0 Å². The van der Waals surface area contributed by atoms with E-state index in [1.165, 1.54) is 17.8 Å². The minimum absolute atomic E-state index is 0.185. The summed E-state index contributed by atoms with van der Waals surface area (Å²) < 4.78 is 24.2. The number of halogens is 1. The van der Waals surface area contributed by atoms with Gasteiger partial charge in [-0.2, -0.15) is 0 Å². The van der Waals surface area contributed by atoms with E-state index in [0.29, 0.717) is 16.6 Å². The van der Waals surface area contributed by atoms with Crippen LogP contribution in [0.2, 0.25) is 0 Å². The molecule has 0 N–H and O–H groups in total. The second kappa shape index (κ2) is 7.35. The molecule has 0 saturated carbocycles. The molecule has 4 heteroatoms. The van der Waals surface area contributed by atoms with Crippen molar-refractivity contribution in [1.82, 2.24) is 0 Å². The van der Waals surface area contributed by atoms with Crippen LogP contribution in [0.1, 0.15) is 19.4 Å². The molecule has 2 aromatic rings. The molecule has 0 heterocycles. The lowest BCUT2D eigenvalue weighted by atomic mass is 10.0. The van der Waals surface area contributed by atoms with Crippen molar-refractivity contribution < 1.29 is 13.9 Å².